The molecule has 0 saturated carbocycles. The van der Waals surface area contributed by atoms with E-state index in [9.17, 15) is 13.2 Å². The molecule has 1 aromatic rings. The first-order valence-electron chi connectivity index (χ1n) is 5.68. The van der Waals surface area contributed by atoms with Crippen LogP contribution in [0.4, 0.5) is 0 Å². The van der Waals surface area contributed by atoms with Crippen molar-refractivity contribution in [3.05, 3.63) is 24.3 Å². The van der Waals surface area contributed by atoms with Gasteiger partial charge in [-0.05, 0) is 30.7 Å². The number of carbonyl (C=O) groups is 1. The van der Waals surface area contributed by atoms with Crippen LogP contribution in [0.15, 0.2) is 29.2 Å². The number of benzene rings is 1. The summed E-state index contributed by atoms with van der Waals surface area (Å²) in [5.74, 6) is -0.144. The number of methoxy groups -OCH3 is 2. The maximum Gasteiger partial charge on any atom is 0.264 e. The highest BCUT2D eigenvalue weighted by molar-refractivity contribution is 7.90. The zero-order chi connectivity index (χ0) is 14.5. The first kappa shape index (κ1) is 15.5. The first-order valence-corrected chi connectivity index (χ1v) is 7.16. The Morgan fingerprint density at radius 2 is 1.84 bits per heavy atom. The zero-order valence-electron chi connectivity index (χ0n) is 11.0. The molecule has 1 amide bonds. The van der Waals surface area contributed by atoms with Crippen LogP contribution in [0.5, 0.6) is 5.75 Å². The van der Waals surface area contributed by atoms with Gasteiger partial charge >= 0.3 is 0 Å². The Morgan fingerprint density at radius 1 is 1.26 bits per heavy atom. The van der Waals surface area contributed by atoms with Crippen LogP contribution in [0.2, 0.25) is 0 Å². The molecule has 7 heteroatoms. The van der Waals surface area contributed by atoms with Gasteiger partial charge in [0.2, 0.25) is 0 Å². The van der Waals surface area contributed by atoms with E-state index in [1.807, 2.05) is 4.72 Å². The number of nitrogens with one attached hydrogen (secondary N) is 1. The lowest BCUT2D eigenvalue weighted by Gasteiger charge is -2.13. The Kier molecular flexibility index (Phi) is 5.31. The van der Waals surface area contributed by atoms with Crippen LogP contribution in [0, 0.1) is 0 Å². The van der Waals surface area contributed by atoms with E-state index in [1.54, 1.807) is 6.92 Å². The van der Waals surface area contributed by atoms with Gasteiger partial charge in [-0.25, -0.2) is 13.1 Å². The van der Waals surface area contributed by atoms with Crippen LogP contribution < -0.4 is 9.46 Å². The molecule has 0 bridgehead atoms. The van der Waals surface area contributed by atoms with Crippen LogP contribution in [0.3, 0.4) is 0 Å². The van der Waals surface area contributed by atoms with Gasteiger partial charge in [-0.3, -0.25) is 4.79 Å². The van der Waals surface area contributed by atoms with Crippen LogP contribution in [-0.4, -0.2) is 34.6 Å². The molecule has 0 saturated heterocycles. The summed E-state index contributed by atoms with van der Waals surface area (Å²) in [5.41, 5.74) is 0. The van der Waals surface area contributed by atoms with E-state index < -0.39 is 22.0 Å². The van der Waals surface area contributed by atoms with Gasteiger partial charge in [-0.2, -0.15) is 0 Å². The number of ether oxygens (including phenoxy) is 2. The molecule has 1 rings (SSSR count). The summed E-state index contributed by atoms with van der Waals surface area (Å²) >= 11 is 0. The molecule has 0 aliphatic rings. The topological polar surface area (TPSA) is 81.7 Å². The third kappa shape index (κ3) is 3.93. The third-order valence-corrected chi connectivity index (χ3v) is 3.92. The highest BCUT2D eigenvalue weighted by atomic mass is 32.2. The second-order valence-corrected chi connectivity index (χ2v) is 5.46. The van der Waals surface area contributed by atoms with Gasteiger partial charge < -0.3 is 9.47 Å². The van der Waals surface area contributed by atoms with Crippen molar-refractivity contribution in [2.24, 2.45) is 0 Å². The Balaban J connectivity index is 2.88. The molecule has 1 N–H and O–H groups in total. The van der Waals surface area contributed by atoms with Crippen molar-refractivity contribution >= 4 is 15.9 Å². The molecule has 6 nitrogen and oxygen atoms in total. The molecule has 106 valence electrons. The van der Waals surface area contributed by atoms with E-state index >= 15 is 0 Å². The molecular weight excluding hydrogens is 270 g/mol. The molecule has 0 fully saturated rings. The van der Waals surface area contributed by atoms with E-state index in [0.29, 0.717) is 12.2 Å². The quantitative estimate of drug-likeness (QED) is 0.841. The average Bonchev–Trinajstić information content (AvgIpc) is 2.39. The van der Waals surface area contributed by atoms with Crippen molar-refractivity contribution in [3.63, 3.8) is 0 Å². The van der Waals surface area contributed by atoms with Gasteiger partial charge in [0, 0.05) is 7.11 Å². The second-order valence-electron chi connectivity index (χ2n) is 3.78. The van der Waals surface area contributed by atoms with Gasteiger partial charge in [-0.15, -0.1) is 0 Å². The molecule has 0 aliphatic heterocycles. The summed E-state index contributed by atoms with van der Waals surface area (Å²) < 4.78 is 35.7. The van der Waals surface area contributed by atoms with Crippen LogP contribution in [0.25, 0.3) is 0 Å². The third-order valence-electron chi connectivity index (χ3n) is 2.55. The Bertz CT molecular complexity index is 520. The molecule has 1 atom stereocenters. The van der Waals surface area contributed by atoms with Crippen LogP contribution in [0.1, 0.15) is 13.3 Å². The second kappa shape index (κ2) is 6.53. The van der Waals surface area contributed by atoms with E-state index in [4.69, 9.17) is 9.47 Å². The summed E-state index contributed by atoms with van der Waals surface area (Å²) in [6, 6.07) is 5.74. The first-order chi connectivity index (χ1) is 8.94. The monoisotopic (exact) mass is 287 g/mol. The minimum absolute atomic E-state index is 0.00685. The number of hydrogen-bond acceptors (Lipinski definition) is 5. The lowest BCUT2D eigenvalue weighted by atomic mass is 10.3. The fraction of sp³-hybridized carbons (Fsp3) is 0.417. The van der Waals surface area contributed by atoms with Crippen LogP contribution >= 0.6 is 0 Å². The predicted octanol–water partition coefficient (Wildman–Crippen LogP) is 0.925. The molecule has 0 unspecified atom stereocenters. The molecule has 1 aromatic carbocycles. The van der Waals surface area contributed by atoms with E-state index in [-0.39, 0.29) is 4.90 Å². The predicted molar refractivity (Wildman–Crippen MR) is 69.4 cm³/mol. The summed E-state index contributed by atoms with van der Waals surface area (Å²) in [5, 5.41) is 0. The molecule has 0 spiro atoms. The van der Waals surface area contributed by atoms with Gasteiger partial charge in [0.15, 0.2) is 0 Å². The summed E-state index contributed by atoms with van der Waals surface area (Å²) in [7, 11) is -1.05. The van der Waals surface area contributed by atoms with Crippen molar-refractivity contribution in [1.82, 2.24) is 4.72 Å². The van der Waals surface area contributed by atoms with Crippen molar-refractivity contribution in [2.45, 2.75) is 24.3 Å². The maximum absolute atomic E-state index is 12.0. The zero-order valence-corrected chi connectivity index (χ0v) is 11.9. The lowest BCUT2D eigenvalue weighted by Crippen LogP contribution is -2.39. The van der Waals surface area contributed by atoms with Crippen molar-refractivity contribution in [3.8, 4) is 5.75 Å². The summed E-state index contributed by atoms with van der Waals surface area (Å²) in [6.07, 6.45) is -0.395. The fourth-order valence-electron chi connectivity index (χ4n) is 1.47. The summed E-state index contributed by atoms with van der Waals surface area (Å²) in [6.45, 7) is 1.73. The molecule has 0 aliphatic carbocycles. The minimum Gasteiger partial charge on any atom is -0.497 e. The highest BCUT2D eigenvalue weighted by Crippen LogP contribution is 2.15. The van der Waals surface area contributed by atoms with Gasteiger partial charge in [0.25, 0.3) is 15.9 Å². The number of sulfonamides is 1. The van der Waals surface area contributed by atoms with Gasteiger partial charge in [-0.1, -0.05) is 6.92 Å². The largest absolute Gasteiger partial charge is 0.497 e. The molecule has 19 heavy (non-hydrogen) atoms. The Morgan fingerprint density at radius 3 is 2.26 bits per heavy atom. The molecule has 0 aromatic heterocycles. The molecule has 0 heterocycles. The normalized spacial score (nSPS) is 12.8. The number of carbonyl (C=O) groups excluding carboxylic acids is 1. The van der Waals surface area contributed by atoms with E-state index in [1.165, 1.54) is 38.5 Å². The SMILES string of the molecule is CC[C@@H](OC)C(=O)NS(=O)(=O)c1ccc(OC)cc1. The average molecular weight is 287 g/mol. The highest BCUT2D eigenvalue weighted by Gasteiger charge is 2.23. The number of rotatable bonds is 6. The number of amides is 1. The molecular formula is C12H17NO5S. The van der Waals surface area contributed by atoms with Crippen LogP contribution in [-0.2, 0) is 19.6 Å². The standard InChI is InChI=1S/C12H17NO5S/c1-4-11(18-3)12(14)13-19(15,16)10-7-5-9(17-2)6-8-10/h5-8,11H,4H2,1-3H3,(H,13,14)/t11-/m1/s1. The maximum atomic E-state index is 12.0. The van der Waals surface area contributed by atoms with Gasteiger partial charge in [0.1, 0.15) is 11.9 Å². The van der Waals surface area contributed by atoms with Crippen molar-refractivity contribution < 1.29 is 22.7 Å². The Hall–Kier alpha value is -1.60. The van der Waals surface area contributed by atoms with E-state index in [0.717, 1.165) is 0 Å². The minimum atomic E-state index is -3.88. The smallest absolute Gasteiger partial charge is 0.264 e. The van der Waals surface area contributed by atoms with E-state index in [2.05, 4.69) is 0 Å². The fourth-order valence-corrected chi connectivity index (χ4v) is 2.48. The molecule has 0 radical (unpaired) electrons. The summed E-state index contributed by atoms with van der Waals surface area (Å²) in [4.78, 5) is 11.7. The number of hydrogen-bond donors (Lipinski definition) is 1. The van der Waals surface area contributed by atoms with Gasteiger partial charge in [0.05, 0.1) is 12.0 Å². The lowest BCUT2D eigenvalue weighted by molar-refractivity contribution is -0.129. The Labute approximate surface area is 112 Å². The van der Waals surface area contributed by atoms with Crippen molar-refractivity contribution in [2.75, 3.05) is 14.2 Å². The van der Waals surface area contributed by atoms with Crippen molar-refractivity contribution in [1.29, 1.82) is 0 Å².